The van der Waals surface area contributed by atoms with Gasteiger partial charge in [-0.3, -0.25) is 0 Å². The lowest BCUT2D eigenvalue weighted by Crippen LogP contribution is -2.69. The van der Waals surface area contributed by atoms with Gasteiger partial charge in [-0.15, -0.1) is 0 Å². The summed E-state index contributed by atoms with van der Waals surface area (Å²) >= 11 is 0. The number of ether oxygens (including phenoxy) is 2. The third-order valence-corrected chi connectivity index (χ3v) is 5.31. The quantitative estimate of drug-likeness (QED) is 0.792. The standard InChI is InChI=1S/C13H23NO2/c14-6-12(7-15-8-12)13(9-16-10-13)11-4-2-1-3-5-11/h11H,1-10,14H2. The Bertz CT molecular complexity index is 247. The average Bonchev–Trinajstić information content (AvgIpc) is 2.22. The Balaban J connectivity index is 1.81. The Morgan fingerprint density at radius 2 is 1.56 bits per heavy atom. The van der Waals surface area contributed by atoms with Crippen LogP contribution in [0, 0.1) is 16.7 Å². The molecule has 0 atom stereocenters. The highest BCUT2D eigenvalue weighted by Crippen LogP contribution is 2.57. The maximum atomic E-state index is 6.04. The monoisotopic (exact) mass is 225 g/mol. The van der Waals surface area contributed by atoms with E-state index in [-0.39, 0.29) is 5.41 Å². The van der Waals surface area contributed by atoms with Gasteiger partial charge in [-0.05, 0) is 18.8 Å². The van der Waals surface area contributed by atoms with Gasteiger partial charge in [-0.2, -0.15) is 0 Å². The first-order valence-corrected chi connectivity index (χ1v) is 6.69. The van der Waals surface area contributed by atoms with Crippen molar-refractivity contribution in [1.29, 1.82) is 0 Å². The van der Waals surface area contributed by atoms with E-state index in [0.717, 1.165) is 38.9 Å². The molecule has 2 heterocycles. The van der Waals surface area contributed by atoms with Crippen molar-refractivity contribution in [2.45, 2.75) is 32.1 Å². The maximum Gasteiger partial charge on any atom is 0.0564 e. The molecular formula is C13H23NO2. The van der Waals surface area contributed by atoms with Gasteiger partial charge in [-0.25, -0.2) is 0 Å². The van der Waals surface area contributed by atoms with Crippen LogP contribution in [0.25, 0.3) is 0 Å². The Kier molecular flexibility index (Phi) is 2.73. The summed E-state index contributed by atoms with van der Waals surface area (Å²) in [5.74, 6) is 0.836. The van der Waals surface area contributed by atoms with E-state index in [1.165, 1.54) is 32.1 Å². The number of rotatable bonds is 3. The summed E-state index contributed by atoms with van der Waals surface area (Å²) in [4.78, 5) is 0. The van der Waals surface area contributed by atoms with E-state index in [4.69, 9.17) is 15.2 Å². The van der Waals surface area contributed by atoms with Gasteiger partial charge in [0, 0.05) is 17.4 Å². The zero-order chi connectivity index (χ0) is 11.1. The van der Waals surface area contributed by atoms with Gasteiger partial charge >= 0.3 is 0 Å². The van der Waals surface area contributed by atoms with Gasteiger partial charge in [0.05, 0.1) is 26.4 Å². The van der Waals surface area contributed by atoms with Crippen molar-refractivity contribution in [1.82, 2.24) is 0 Å². The largest absolute Gasteiger partial charge is 0.380 e. The molecule has 3 aliphatic rings. The van der Waals surface area contributed by atoms with Crippen LogP contribution in [-0.4, -0.2) is 33.0 Å². The smallest absolute Gasteiger partial charge is 0.0564 e. The predicted molar refractivity (Wildman–Crippen MR) is 62.1 cm³/mol. The van der Waals surface area contributed by atoms with Gasteiger partial charge in [-0.1, -0.05) is 19.3 Å². The zero-order valence-electron chi connectivity index (χ0n) is 10.0. The van der Waals surface area contributed by atoms with Gasteiger partial charge in [0.25, 0.3) is 0 Å². The van der Waals surface area contributed by atoms with Crippen molar-refractivity contribution in [2.24, 2.45) is 22.5 Å². The van der Waals surface area contributed by atoms with Crippen LogP contribution in [0.2, 0.25) is 0 Å². The summed E-state index contributed by atoms with van der Waals surface area (Å²) in [6.07, 6.45) is 6.97. The summed E-state index contributed by atoms with van der Waals surface area (Å²) < 4.78 is 11.0. The molecule has 2 aliphatic heterocycles. The first-order chi connectivity index (χ1) is 7.83. The predicted octanol–water partition coefficient (Wildman–Crippen LogP) is 1.56. The van der Waals surface area contributed by atoms with E-state index in [2.05, 4.69) is 0 Å². The van der Waals surface area contributed by atoms with Crippen LogP contribution in [0.1, 0.15) is 32.1 Å². The van der Waals surface area contributed by atoms with Crippen molar-refractivity contribution >= 4 is 0 Å². The highest BCUT2D eigenvalue weighted by molar-refractivity contribution is 5.09. The molecular weight excluding hydrogens is 202 g/mol. The minimum atomic E-state index is 0.243. The van der Waals surface area contributed by atoms with Crippen LogP contribution in [0.15, 0.2) is 0 Å². The number of hydrogen-bond donors (Lipinski definition) is 1. The lowest BCUT2D eigenvalue weighted by Gasteiger charge is -2.62. The van der Waals surface area contributed by atoms with Crippen molar-refractivity contribution in [3.05, 3.63) is 0 Å². The molecule has 92 valence electrons. The fourth-order valence-corrected chi connectivity index (χ4v) is 3.91. The highest BCUT2D eigenvalue weighted by Gasteiger charge is 2.62. The van der Waals surface area contributed by atoms with Crippen LogP contribution < -0.4 is 5.73 Å². The van der Waals surface area contributed by atoms with Crippen molar-refractivity contribution in [3.8, 4) is 0 Å². The lowest BCUT2D eigenvalue weighted by molar-refractivity contribution is -0.288. The molecule has 0 unspecified atom stereocenters. The number of hydrogen-bond acceptors (Lipinski definition) is 3. The van der Waals surface area contributed by atoms with E-state index < -0.39 is 0 Å². The second-order valence-electron chi connectivity index (χ2n) is 5.96. The highest BCUT2D eigenvalue weighted by atomic mass is 16.5. The molecule has 0 aromatic carbocycles. The molecule has 3 rings (SSSR count). The molecule has 1 saturated carbocycles. The minimum absolute atomic E-state index is 0.243. The Morgan fingerprint density at radius 1 is 0.938 bits per heavy atom. The van der Waals surface area contributed by atoms with Crippen LogP contribution in [0.5, 0.6) is 0 Å². The van der Waals surface area contributed by atoms with Gasteiger partial charge in [0.15, 0.2) is 0 Å². The van der Waals surface area contributed by atoms with E-state index in [1.54, 1.807) is 0 Å². The molecule has 3 heteroatoms. The normalized spacial score (nSPS) is 32.8. The average molecular weight is 225 g/mol. The molecule has 0 spiro atoms. The fourth-order valence-electron chi connectivity index (χ4n) is 3.91. The number of nitrogens with two attached hydrogens (primary N) is 1. The summed E-state index contributed by atoms with van der Waals surface area (Å²) in [7, 11) is 0. The molecule has 0 amide bonds. The van der Waals surface area contributed by atoms with Crippen molar-refractivity contribution < 1.29 is 9.47 Å². The van der Waals surface area contributed by atoms with Crippen LogP contribution in [0.4, 0.5) is 0 Å². The maximum absolute atomic E-state index is 6.04. The van der Waals surface area contributed by atoms with Crippen molar-refractivity contribution in [2.75, 3.05) is 33.0 Å². The van der Waals surface area contributed by atoms with Crippen LogP contribution in [-0.2, 0) is 9.47 Å². The summed E-state index contributed by atoms with van der Waals surface area (Å²) in [5, 5.41) is 0. The second-order valence-corrected chi connectivity index (χ2v) is 5.96. The van der Waals surface area contributed by atoms with E-state index >= 15 is 0 Å². The second kappa shape index (κ2) is 3.97. The third-order valence-electron chi connectivity index (χ3n) is 5.31. The molecule has 0 aromatic rings. The third kappa shape index (κ3) is 1.31. The first-order valence-electron chi connectivity index (χ1n) is 6.69. The molecule has 2 saturated heterocycles. The summed E-state index contributed by atoms with van der Waals surface area (Å²) in [6, 6.07) is 0. The molecule has 16 heavy (non-hydrogen) atoms. The Labute approximate surface area is 97.7 Å². The van der Waals surface area contributed by atoms with E-state index in [1.807, 2.05) is 0 Å². The molecule has 0 bridgehead atoms. The first kappa shape index (κ1) is 11.0. The SMILES string of the molecule is NCC1(C2(C3CCCCC3)COC2)COC1. The van der Waals surface area contributed by atoms with Gasteiger partial charge < -0.3 is 15.2 Å². The van der Waals surface area contributed by atoms with Gasteiger partial charge in [0.1, 0.15) is 0 Å². The van der Waals surface area contributed by atoms with Crippen molar-refractivity contribution in [3.63, 3.8) is 0 Å². The zero-order valence-corrected chi connectivity index (χ0v) is 10.0. The van der Waals surface area contributed by atoms with E-state index in [0.29, 0.717) is 5.41 Å². The molecule has 1 aliphatic carbocycles. The van der Waals surface area contributed by atoms with Crippen LogP contribution >= 0.6 is 0 Å². The lowest BCUT2D eigenvalue weighted by atomic mass is 9.52. The Morgan fingerprint density at radius 3 is 1.94 bits per heavy atom. The molecule has 0 radical (unpaired) electrons. The van der Waals surface area contributed by atoms with E-state index in [9.17, 15) is 0 Å². The molecule has 0 aromatic heterocycles. The summed E-state index contributed by atoms with van der Waals surface area (Å²) in [5.41, 5.74) is 6.64. The van der Waals surface area contributed by atoms with Gasteiger partial charge in [0.2, 0.25) is 0 Å². The topological polar surface area (TPSA) is 44.5 Å². The molecule has 3 fully saturated rings. The summed E-state index contributed by atoms with van der Waals surface area (Å²) in [6.45, 7) is 4.36. The Hall–Kier alpha value is -0.120. The minimum Gasteiger partial charge on any atom is -0.380 e. The molecule has 3 nitrogen and oxygen atoms in total. The van der Waals surface area contributed by atoms with Crippen LogP contribution in [0.3, 0.4) is 0 Å². The fraction of sp³-hybridized carbons (Fsp3) is 1.00. The molecule has 2 N–H and O–H groups in total.